The first-order valence-corrected chi connectivity index (χ1v) is 7.05. The maximum Gasteiger partial charge on any atom is 0.339 e. The van der Waals surface area contributed by atoms with Crippen molar-refractivity contribution in [1.29, 1.82) is 0 Å². The van der Waals surface area contributed by atoms with Crippen LogP contribution < -0.4 is 0 Å². The summed E-state index contributed by atoms with van der Waals surface area (Å²) in [4.78, 5) is 11.5. The second-order valence-corrected chi connectivity index (χ2v) is 5.45. The van der Waals surface area contributed by atoms with Crippen LogP contribution in [0.2, 0.25) is 0 Å². The van der Waals surface area contributed by atoms with Gasteiger partial charge in [-0.15, -0.1) is 0 Å². The zero-order chi connectivity index (χ0) is 14.1. The van der Waals surface area contributed by atoms with Gasteiger partial charge in [0.15, 0.2) is 0 Å². The fraction of sp³-hybridized carbons (Fsp3) is 0.375. The Bertz CT molecular complexity index is 640. The highest BCUT2D eigenvalue weighted by atomic mass is 16.4. The normalized spacial score (nSPS) is 15.7. The Balaban J connectivity index is 2.07. The van der Waals surface area contributed by atoms with Crippen molar-refractivity contribution in [3.63, 3.8) is 0 Å². The van der Waals surface area contributed by atoms with E-state index in [0.717, 1.165) is 29.8 Å². The van der Waals surface area contributed by atoms with Gasteiger partial charge in [-0.3, -0.25) is 0 Å². The number of carbonyl (C=O) groups is 1. The number of hydrogen-bond acceptors (Lipinski definition) is 2. The van der Waals surface area contributed by atoms with Gasteiger partial charge in [-0.25, -0.2) is 9.48 Å². The standard InChI is InChI=1S/C16H18N2O2/c1-11-6-2-5-9-14(11)18-10-13(16(19)20)15(17-18)12-7-3-4-8-12/h2,5-6,9-10,12H,3-4,7-8H2,1H3,(H,19,20). The summed E-state index contributed by atoms with van der Waals surface area (Å²) in [5, 5.41) is 14.0. The Morgan fingerprint density at radius 1 is 1.30 bits per heavy atom. The minimum Gasteiger partial charge on any atom is -0.478 e. The summed E-state index contributed by atoms with van der Waals surface area (Å²) in [6.07, 6.45) is 6.08. The third-order valence-corrected chi connectivity index (χ3v) is 4.08. The van der Waals surface area contributed by atoms with Gasteiger partial charge in [-0.2, -0.15) is 5.10 Å². The molecule has 1 saturated carbocycles. The Labute approximate surface area is 118 Å². The highest BCUT2D eigenvalue weighted by molar-refractivity contribution is 5.89. The Morgan fingerprint density at radius 3 is 2.65 bits per heavy atom. The van der Waals surface area contributed by atoms with E-state index >= 15 is 0 Å². The van der Waals surface area contributed by atoms with E-state index in [1.54, 1.807) is 10.9 Å². The summed E-state index contributed by atoms with van der Waals surface area (Å²) in [6.45, 7) is 2.01. The van der Waals surface area contributed by atoms with Crippen LogP contribution in [0.5, 0.6) is 0 Å². The molecule has 1 heterocycles. The maximum atomic E-state index is 11.5. The maximum absolute atomic E-state index is 11.5. The van der Waals surface area contributed by atoms with Gasteiger partial charge < -0.3 is 5.11 Å². The molecule has 0 saturated heterocycles. The molecule has 20 heavy (non-hydrogen) atoms. The van der Waals surface area contributed by atoms with E-state index in [1.165, 1.54) is 12.8 Å². The van der Waals surface area contributed by atoms with E-state index in [-0.39, 0.29) is 0 Å². The topological polar surface area (TPSA) is 55.1 Å². The minimum absolute atomic E-state index is 0.298. The monoisotopic (exact) mass is 270 g/mol. The lowest BCUT2D eigenvalue weighted by Crippen LogP contribution is -2.03. The van der Waals surface area contributed by atoms with Crippen molar-refractivity contribution in [2.24, 2.45) is 0 Å². The second-order valence-electron chi connectivity index (χ2n) is 5.45. The molecule has 0 atom stereocenters. The summed E-state index contributed by atoms with van der Waals surface area (Å²) < 4.78 is 1.71. The van der Waals surface area contributed by atoms with Crippen LogP contribution in [0.4, 0.5) is 0 Å². The first-order valence-electron chi connectivity index (χ1n) is 7.05. The van der Waals surface area contributed by atoms with Crippen LogP contribution in [0.25, 0.3) is 5.69 Å². The molecule has 3 rings (SSSR count). The first kappa shape index (κ1) is 12.9. The number of aryl methyl sites for hydroxylation is 1. The fourth-order valence-corrected chi connectivity index (χ4v) is 3.00. The molecule has 0 unspecified atom stereocenters. The second kappa shape index (κ2) is 5.12. The molecule has 0 aliphatic heterocycles. The summed E-state index contributed by atoms with van der Waals surface area (Å²) in [5.74, 6) is -0.585. The van der Waals surface area contributed by atoms with Crippen LogP contribution in [0, 0.1) is 6.92 Å². The van der Waals surface area contributed by atoms with Crippen molar-refractivity contribution in [2.75, 3.05) is 0 Å². The van der Waals surface area contributed by atoms with E-state index in [0.29, 0.717) is 11.5 Å². The SMILES string of the molecule is Cc1ccccc1-n1cc(C(=O)O)c(C2CCCC2)n1. The molecule has 4 nitrogen and oxygen atoms in total. The van der Waals surface area contributed by atoms with Crippen molar-refractivity contribution in [3.05, 3.63) is 47.3 Å². The van der Waals surface area contributed by atoms with Crippen LogP contribution in [0.3, 0.4) is 0 Å². The third kappa shape index (κ3) is 2.22. The number of hydrogen-bond donors (Lipinski definition) is 1. The van der Waals surface area contributed by atoms with Crippen molar-refractivity contribution in [2.45, 2.75) is 38.5 Å². The number of carboxylic acids is 1. The molecule has 1 aromatic carbocycles. The quantitative estimate of drug-likeness (QED) is 0.928. The van der Waals surface area contributed by atoms with Crippen molar-refractivity contribution < 1.29 is 9.90 Å². The average Bonchev–Trinajstić information content (AvgIpc) is 3.08. The van der Waals surface area contributed by atoms with Gasteiger partial charge in [-0.05, 0) is 31.4 Å². The molecule has 0 amide bonds. The number of benzene rings is 1. The molecular formula is C16H18N2O2. The predicted octanol–water partition coefficient (Wildman–Crippen LogP) is 3.54. The van der Waals surface area contributed by atoms with Gasteiger partial charge in [-0.1, -0.05) is 31.0 Å². The molecule has 4 heteroatoms. The lowest BCUT2D eigenvalue weighted by Gasteiger charge is -2.07. The van der Waals surface area contributed by atoms with Gasteiger partial charge in [0.1, 0.15) is 5.56 Å². The molecule has 0 spiro atoms. The summed E-state index contributed by atoms with van der Waals surface area (Å²) in [7, 11) is 0. The number of carboxylic acid groups (broad SMARTS) is 1. The zero-order valence-electron chi connectivity index (χ0n) is 11.5. The number of para-hydroxylation sites is 1. The highest BCUT2D eigenvalue weighted by Crippen LogP contribution is 2.35. The van der Waals surface area contributed by atoms with Gasteiger partial charge in [0, 0.05) is 12.1 Å². The molecule has 1 fully saturated rings. The molecule has 0 bridgehead atoms. The van der Waals surface area contributed by atoms with Crippen molar-refractivity contribution >= 4 is 5.97 Å². The fourth-order valence-electron chi connectivity index (χ4n) is 3.00. The van der Waals surface area contributed by atoms with E-state index in [9.17, 15) is 9.90 Å². The van der Waals surface area contributed by atoms with E-state index < -0.39 is 5.97 Å². The van der Waals surface area contributed by atoms with Crippen LogP contribution >= 0.6 is 0 Å². The molecule has 1 aliphatic rings. The van der Waals surface area contributed by atoms with Crippen LogP contribution in [0.1, 0.15) is 53.2 Å². The highest BCUT2D eigenvalue weighted by Gasteiger charge is 2.26. The van der Waals surface area contributed by atoms with E-state index in [4.69, 9.17) is 0 Å². The minimum atomic E-state index is -0.883. The van der Waals surface area contributed by atoms with Crippen molar-refractivity contribution in [1.82, 2.24) is 9.78 Å². The van der Waals surface area contributed by atoms with Gasteiger partial charge in [0.05, 0.1) is 11.4 Å². The molecule has 1 aromatic heterocycles. The Morgan fingerprint density at radius 2 is 2.00 bits per heavy atom. The summed E-state index contributed by atoms with van der Waals surface area (Å²) >= 11 is 0. The van der Waals surface area contributed by atoms with E-state index in [2.05, 4.69) is 5.10 Å². The van der Waals surface area contributed by atoms with Gasteiger partial charge in [0.2, 0.25) is 0 Å². The lowest BCUT2D eigenvalue weighted by atomic mass is 10.0. The molecule has 2 aromatic rings. The number of aromatic carboxylic acids is 1. The van der Waals surface area contributed by atoms with Crippen LogP contribution in [-0.4, -0.2) is 20.9 Å². The largest absolute Gasteiger partial charge is 0.478 e. The third-order valence-electron chi connectivity index (χ3n) is 4.08. The number of nitrogens with zero attached hydrogens (tertiary/aromatic N) is 2. The van der Waals surface area contributed by atoms with Crippen LogP contribution in [-0.2, 0) is 0 Å². The summed E-state index contributed by atoms with van der Waals surface area (Å²) in [5.41, 5.74) is 3.13. The molecule has 104 valence electrons. The molecule has 0 radical (unpaired) electrons. The predicted molar refractivity (Wildman–Crippen MR) is 76.5 cm³/mol. The summed E-state index contributed by atoms with van der Waals surface area (Å²) in [6, 6.07) is 7.89. The van der Waals surface area contributed by atoms with Gasteiger partial charge in [0.25, 0.3) is 0 Å². The van der Waals surface area contributed by atoms with E-state index in [1.807, 2.05) is 31.2 Å². The molecule has 1 N–H and O–H groups in total. The Kier molecular flexibility index (Phi) is 3.30. The van der Waals surface area contributed by atoms with Crippen molar-refractivity contribution in [3.8, 4) is 5.69 Å². The number of aromatic nitrogens is 2. The van der Waals surface area contributed by atoms with Crippen LogP contribution in [0.15, 0.2) is 30.5 Å². The molecule has 1 aliphatic carbocycles. The lowest BCUT2D eigenvalue weighted by molar-refractivity contribution is 0.0695. The first-order chi connectivity index (χ1) is 9.66. The number of rotatable bonds is 3. The Hall–Kier alpha value is -2.10. The smallest absolute Gasteiger partial charge is 0.339 e. The molecular weight excluding hydrogens is 252 g/mol. The van der Waals surface area contributed by atoms with Gasteiger partial charge >= 0.3 is 5.97 Å². The average molecular weight is 270 g/mol. The zero-order valence-corrected chi connectivity index (χ0v) is 11.5.